The summed E-state index contributed by atoms with van der Waals surface area (Å²) in [5, 5.41) is 21.1. The van der Waals surface area contributed by atoms with Crippen molar-refractivity contribution in [1.82, 2.24) is 0 Å². The topological polar surface area (TPSA) is 95.5 Å². The van der Waals surface area contributed by atoms with Crippen molar-refractivity contribution in [2.24, 2.45) is 0 Å². The average molecular weight is 212 g/mol. The molecule has 80 valence electrons. The zero-order chi connectivity index (χ0) is 11.6. The van der Waals surface area contributed by atoms with Crippen LogP contribution in [0.25, 0.3) is 0 Å². The van der Waals surface area contributed by atoms with Crippen molar-refractivity contribution in [3.05, 3.63) is 37.9 Å². The van der Waals surface area contributed by atoms with Crippen molar-refractivity contribution >= 4 is 11.4 Å². The Morgan fingerprint density at radius 1 is 1.13 bits per heavy atom. The third-order valence-electron chi connectivity index (χ3n) is 1.89. The van der Waals surface area contributed by atoms with Crippen LogP contribution in [0.3, 0.4) is 0 Å². The summed E-state index contributed by atoms with van der Waals surface area (Å²) >= 11 is 0. The van der Waals surface area contributed by atoms with E-state index in [4.69, 9.17) is 4.74 Å². The second-order valence-corrected chi connectivity index (χ2v) is 2.82. The van der Waals surface area contributed by atoms with E-state index in [-0.39, 0.29) is 5.75 Å². The van der Waals surface area contributed by atoms with Crippen LogP contribution in [0, 0.1) is 27.2 Å². The lowest BCUT2D eigenvalue weighted by Gasteiger charge is -2.03. The number of nitro benzene ring substituents is 2. The van der Waals surface area contributed by atoms with Gasteiger partial charge in [-0.05, 0) is 12.5 Å². The molecule has 0 spiro atoms. The summed E-state index contributed by atoms with van der Waals surface area (Å²) in [5.74, 6) is 0.257. The summed E-state index contributed by atoms with van der Waals surface area (Å²) < 4.78 is 4.84. The quantitative estimate of drug-likeness (QED) is 0.562. The highest BCUT2D eigenvalue weighted by atomic mass is 16.6. The summed E-state index contributed by atoms with van der Waals surface area (Å²) in [7, 11) is 1.35. The van der Waals surface area contributed by atoms with E-state index in [2.05, 4.69) is 0 Å². The van der Waals surface area contributed by atoms with Crippen LogP contribution in [-0.4, -0.2) is 17.0 Å². The van der Waals surface area contributed by atoms with Crippen LogP contribution in [0.4, 0.5) is 11.4 Å². The highest BCUT2D eigenvalue weighted by Gasteiger charge is 2.26. The van der Waals surface area contributed by atoms with E-state index >= 15 is 0 Å². The lowest BCUT2D eigenvalue weighted by atomic mass is 10.1. The van der Waals surface area contributed by atoms with Crippen LogP contribution in [0.2, 0.25) is 0 Å². The Balaban J connectivity index is 3.45. The molecule has 0 saturated carbocycles. The smallest absolute Gasteiger partial charge is 0.349 e. The molecule has 7 heteroatoms. The molecule has 0 heterocycles. The van der Waals surface area contributed by atoms with Gasteiger partial charge in [-0.2, -0.15) is 0 Å². The standard InChI is InChI=1S/C8H8N2O5/c1-5-3-6(9(11)12)7(10(13)14)4-8(5)15-2/h3-4H,1-2H3. The molecular formula is C8H8N2O5. The molecule has 0 N–H and O–H groups in total. The van der Waals surface area contributed by atoms with Gasteiger partial charge in [-0.1, -0.05) is 0 Å². The number of rotatable bonds is 3. The van der Waals surface area contributed by atoms with Gasteiger partial charge in [0.25, 0.3) is 0 Å². The molecular weight excluding hydrogens is 204 g/mol. The molecule has 15 heavy (non-hydrogen) atoms. The third-order valence-corrected chi connectivity index (χ3v) is 1.89. The zero-order valence-electron chi connectivity index (χ0n) is 8.09. The van der Waals surface area contributed by atoms with Gasteiger partial charge in [0.05, 0.1) is 23.0 Å². The van der Waals surface area contributed by atoms with Crippen molar-refractivity contribution in [2.75, 3.05) is 7.11 Å². The van der Waals surface area contributed by atoms with Gasteiger partial charge in [0.2, 0.25) is 0 Å². The number of ether oxygens (including phenoxy) is 1. The number of benzene rings is 1. The molecule has 0 saturated heterocycles. The Hall–Kier alpha value is -2.18. The number of hydrogen-bond donors (Lipinski definition) is 0. The van der Waals surface area contributed by atoms with Gasteiger partial charge in [0.1, 0.15) is 5.75 Å². The molecule has 0 unspecified atom stereocenters. The maximum atomic E-state index is 10.6. The number of aryl methyl sites for hydroxylation is 1. The molecule has 7 nitrogen and oxygen atoms in total. The first kappa shape index (κ1) is 10.9. The molecule has 1 rings (SSSR count). The van der Waals surface area contributed by atoms with Crippen molar-refractivity contribution in [3.63, 3.8) is 0 Å². The van der Waals surface area contributed by atoms with E-state index in [1.165, 1.54) is 7.11 Å². The van der Waals surface area contributed by atoms with E-state index in [1.807, 2.05) is 0 Å². The van der Waals surface area contributed by atoms with Gasteiger partial charge >= 0.3 is 11.4 Å². The van der Waals surface area contributed by atoms with E-state index in [0.29, 0.717) is 5.56 Å². The fraction of sp³-hybridized carbons (Fsp3) is 0.250. The highest BCUT2D eigenvalue weighted by Crippen LogP contribution is 2.33. The Morgan fingerprint density at radius 3 is 2.00 bits per heavy atom. The Morgan fingerprint density at radius 2 is 1.60 bits per heavy atom. The Kier molecular flexibility index (Phi) is 2.84. The molecule has 0 aliphatic rings. The number of methoxy groups -OCH3 is 1. The van der Waals surface area contributed by atoms with Crippen LogP contribution in [0.1, 0.15) is 5.56 Å². The van der Waals surface area contributed by atoms with Crippen molar-refractivity contribution < 1.29 is 14.6 Å². The van der Waals surface area contributed by atoms with Gasteiger partial charge in [0, 0.05) is 6.07 Å². The number of nitro groups is 2. The van der Waals surface area contributed by atoms with Gasteiger partial charge in [-0.25, -0.2) is 0 Å². The van der Waals surface area contributed by atoms with Crippen LogP contribution in [-0.2, 0) is 0 Å². The number of hydrogen-bond acceptors (Lipinski definition) is 5. The first-order chi connectivity index (χ1) is 6.97. The Bertz CT molecular complexity index is 429. The van der Waals surface area contributed by atoms with E-state index in [0.717, 1.165) is 12.1 Å². The molecule has 0 fully saturated rings. The van der Waals surface area contributed by atoms with Crippen molar-refractivity contribution in [3.8, 4) is 5.75 Å². The predicted molar refractivity (Wildman–Crippen MR) is 51.0 cm³/mol. The maximum Gasteiger partial charge on any atom is 0.349 e. The second-order valence-electron chi connectivity index (χ2n) is 2.82. The molecule has 0 radical (unpaired) electrons. The molecule has 0 aromatic heterocycles. The molecule has 0 amide bonds. The minimum Gasteiger partial charge on any atom is -0.496 e. The molecule has 1 aromatic rings. The van der Waals surface area contributed by atoms with E-state index in [1.54, 1.807) is 6.92 Å². The predicted octanol–water partition coefficient (Wildman–Crippen LogP) is 1.82. The fourth-order valence-corrected chi connectivity index (χ4v) is 1.17. The maximum absolute atomic E-state index is 10.6. The van der Waals surface area contributed by atoms with Crippen molar-refractivity contribution in [1.29, 1.82) is 0 Å². The van der Waals surface area contributed by atoms with Crippen LogP contribution >= 0.6 is 0 Å². The van der Waals surface area contributed by atoms with Gasteiger partial charge in [-0.15, -0.1) is 0 Å². The number of nitrogens with zero attached hydrogens (tertiary/aromatic N) is 2. The lowest BCUT2D eigenvalue weighted by molar-refractivity contribution is -0.422. The van der Waals surface area contributed by atoms with E-state index < -0.39 is 21.2 Å². The van der Waals surface area contributed by atoms with Crippen LogP contribution < -0.4 is 4.74 Å². The minimum absolute atomic E-state index is 0.257. The summed E-state index contributed by atoms with van der Waals surface area (Å²) in [6.45, 7) is 1.58. The zero-order valence-corrected chi connectivity index (χ0v) is 8.09. The minimum atomic E-state index is -0.805. The summed E-state index contributed by atoms with van der Waals surface area (Å²) in [6.07, 6.45) is 0. The van der Waals surface area contributed by atoms with Crippen LogP contribution in [0.5, 0.6) is 5.75 Å². The molecule has 0 atom stereocenters. The monoisotopic (exact) mass is 212 g/mol. The fourth-order valence-electron chi connectivity index (χ4n) is 1.17. The normalized spacial score (nSPS) is 9.73. The lowest BCUT2D eigenvalue weighted by Crippen LogP contribution is -1.98. The third kappa shape index (κ3) is 2.01. The summed E-state index contributed by atoms with van der Waals surface area (Å²) in [5.41, 5.74) is -0.615. The molecule has 0 aliphatic heterocycles. The van der Waals surface area contributed by atoms with E-state index in [9.17, 15) is 20.2 Å². The van der Waals surface area contributed by atoms with Crippen molar-refractivity contribution in [2.45, 2.75) is 6.92 Å². The summed E-state index contributed by atoms with van der Waals surface area (Å²) in [4.78, 5) is 19.5. The average Bonchev–Trinajstić information content (AvgIpc) is 2.16. The van der Waals surface area contributed by atoms with Crippen LogP contribution in [0.15, 0.2) is 12.1 Å². The first-order valence-corrected chi connectivity index (χ1v) is 3.94. The summed E-state index contributed by atoms with van der Waals surface area (Å²) in [6, 6.07) is 2.17. The van der Waals surface area contributed by atoms with Gasteiger partial charge in [-0.3, -0.25) is 20.2 Å². The SMILES string of the molecule is COc1cc([N+](=O)[O-])c([N+](=O)[O-])cc1C. The molecule has 1 aromatic carbocycles. The first-order valence-electron chi connectivity index (χ1n) is 3.94. The molecule has 0 bridgehead atoms. The Labute approximate surface area is 84.6 Å². The highest BCUT2D eigenvalue weighted by molar-refractivity contribution is 5.59. The largest absolute Gasteiger partial charge is 0.496 e. The van der Waals surface area contributed by atoms with Gasteiger partial charge < -0.3 is 4.74 Å². The van der Waals surface area contributed by atoms with Gasteiger partial charge in [0.15, 0.2) is 0 Å². The molecule has 0 aliphatic carbocycles. The second kappa shape index (κ2) is 3.91.